The summed E-state index contributed by atoms with van der Waals surface area (Å²) in [4.78, 5) is 12.4. The molecule has 0 saturated heterocycles. The Kier molecular flexibility index (Phi) is 7.18. The molecule has 0 bridgehead atoms. The molecule has 2 aromatic carbocycles. The Hall–Kier alpha value is -3.31. The molecule has 6 nitrogen and oxygen atoms in total. The fourth-order valence-electron chi connectivity index (χ4n) is 2.26. The Balaban J connectivity index is 2.39. The number of anilines is 1. The van der Waals surface area contributed by atoms with Crippen molar-refractivity contribution in [2.24, 2.45) is 0 Å². The van der Waals surface area contributed by atoms with Crippen LogP contribution in [0.15, 0.2) is 42.0 Å². The van der Waals surface area contributed by atoms with Gasteiger partial charge in [0.1, 0.15) is 11.6 Å². The molecule has 28 heavy (non-hydrogen) atoms. The molecule has 0 fully saturated rings. The lowest BCUT2D eigenvalue weighted by molar-refractivity contribution is -0.112. The van der Waals surface area contributed by atoms with Gasteiger partial charge in [0.05, 0.1) is 24.9 Å². The third kappa shape index (κ3) is 5.11. The van der Waals surface area contributed by atoms with Gasteiger partial charge in [-0.05, 0) is 35.9 Å². The fraction of sp³-hybridized carbons (Fsp3) is 0.158. The summed E-state index contributed by atoms with van der Waals surface area (Å²) < 4.78 is 39.7. The van der Waals surface area contributed by atoms with Gasteiger partial charge in [0.2, 0.25) is 5.75 Å². The second kappa shape index (κ2) is 9.58. The standard InChI is InChI=1S/C19H15ClF2N2O4/c1-26-15-8-11(9-16(27-2)17(15)28-19(21)22)7-12(10-23)18(25)24-14-6-4-3-5-13(14)20/h3-9,19H,1-2H3,(H,24,25)/b12-7+. The SMILES string of the molecule is COc1cc(/C=C(\C#N)C(=O)Nc2ccccc2Cl)cc(OC)c1OC(F)F. The summed E-state index contributed by atoms with van der Waals surface area (Å²) in [5, 5.41) is 12.2. The van der Waals surface area contributed by atoms with Crippen LogP contribution in [0.5, 0.6) is 17.2 Å². The number of hydrogen-bond donors (Lipinski definition) is 1. The zero-order chi connectivity index (χ0) is 20.7. The van der Waals surface area contributed by atoms with E-state index >= 15 is 0 Å². The topological polar surface area (TPSA) is 80.6 Å². The zero-order valence-corrected chi connectivity index (χ0v) is 15.6. The molecule has 0 aliphatic carbocycles. The lowest BCUT2D eigenvalue weighted by atomic mass is 10.1. The van der Waals surface area contributed by atoms with Gasteiger partial charge < -0.3 is 19.5 Å². The molecule has 0 aliphatic heterocycles. The largest absolute Gasteiger partial charge is 0.493 e. The third-order valence-corrected chi connectivity index (χ3v) is 3.82. The number of para-hydroxylation sites is 1. The number of alkyl halides is 2. The van der Waals surface area contributed by atoms with Crippen LogP contribution in [0.1, 0.15) is 5.56 Å². The first-order valence-corrected chi connectivity index (χ1v) is 8.16. The maximum Gasteiger partial charge on any atom is 0.387 e. The molecular formula is C19H15ClF2N2O4. The van der Waals surface area contributed by atoms with Crippen LogP contribution in [0.25, 0.3) is 6.08 Å². The van der Waals surface area contributed by atoms with Gasteiger partial charge in [0.25, 0.3) is 5.91 Å². The molecule has 2 rings (SSSR count). The number of nitrogens with zero attached hydrogens (tertiary/aromatic N) is 1. The van der Waals surface area contributed by atoms with E-state index in [-0.39, 0.29) is 22.8 Å². The van der Waals surface area contributed by atoms with Crippen molar-refractivity contribution >= 4 is 29.3 Å². The first-order chi connectivity index (χ1) is 13.4. The van der Waals surface area contributed by atoms with Crippen molar-refractivity contribution in [3.8, 4) is 23.3 Å². The average Bonchev–Trinajstić information content (AvgIpc) is 2.67. The highest BCUT2D eigenvalue weighted by molar-refractivity contribution is 6.34. The fourth-order valence-corrected chi connectivity index (χ4v) is 2.44. The van der Waals surface area contributed by atoms with E-state index in [9.17, 15) is 18.8 Å². The minimum absolute atomic E-state index is 0.0466. The molecule has 9 heteroatoms. The molecule has 146 valence electrons. The van der Waals surface area contributed by atoms with Crippen molar-refractivity contribution in [1.29, 1.82) is 5.26 Å². The van der Waals surface area contributed by atoms with Crippen molar-refractivity contribution in [3.63, 3.8) is 0 Å². The number of nitrogens with one attached hydrogen (secondary N) is 1. The van der Waals surface area contributed by atoms with E-state index in [2.05, 4.69) is 10.1 Å². The molecule has 1 amide bonds. The van der Waals surface area contributed by atoms with Gasteiger partial charge in [0, 0.05) is 0 Å². The van der Waals surface area contributed by atoms with Gasteiger partial charge in [-0.15, -0.1) is 0 Å². The second-order valence-electron chi connectivity index (χ2n) is 5.24. The first-order valence-electron chi connectivity index (χ1n) is 7.78. The van der Waals surface area contributed by atoms with Gasteiger partial charge in [-0.3, -0.25) is 4.79 Å². The van der Waals surface area contributed by atoms with E-state index < -0.39 is 12.5 Å². The number of carbonyl (C=O) groups is 1. The Morgan fingerprint density at radius 3 is 2.32 bits per heavy atom. The van der Waals surface area contributed by atoms with Crippen LogP contribution in [0.3, 0.4) is 0 Å². The summed E-state index contributed by atoms with van der Waals surface area (Å²) >= 11 is 5.99. The molecule has 0 radical (unpaired) electrons. The maximum absolute atomic E-state index is 12.6. The normalized spacial score (nSPS) is 11.0. The van der Waals surface area contributed by atoms with Gasteiger partial charge in [-0.25, -0.2) is 0 Å². The van der Waals surface area contributed by atoms with Crippen molar-refractivity contribution in [3.05, 3.63) is 52.6 Å². The van der Waals surface area contributed by atoms with Gasteiger partial charge in [0.15, 0.2) is 11.5 Å². The molecule has 0 aliphatic rings. The quantitative estimate of drug-likeness (QED) is 0.538. The number of nitriles is 1. The summed E-state index contributed by atoms with van der Waals surface area (Å²) in [7, 11) is 2.52. The molecule has 0 atom stereocenters. The van der Waals surface area contributed by atoms with Crippen LogP contribution in [0, 0.1) is 11.3 Å². The van der Waals surface area contributed by atoms with E-state index in [4.69, 9.17) is 21.1 Å². The average molecular weight is 409 g/mol. The van der Waals surface area contributed by atoms with E-state index in [0.717, 1.165) is 0 Å². The van der Waals surface area contributed by atoms with Crippen LogP contribution in [-0.2, 0) is 4.79 Å². The Morgan fingerprint density at radius 1 is 1.21 bits per heavy atom. The molecule has 0 heterocycles. The molecule has 1 N–H and O–H groups in total. The van der Waals surface area contributed by atoms with Crippen LogP contribution in [-0.4, -0.2) is 26.7 Å². The van der Waals surface area contributed by atoms with Gasteiger partial charge >= 0.3 is 6.61 Å². The highest BCUT2D eigenvalue weighted by Crippen LogP contribution is 2.40. The molecule has 0 aromatic heterocycles. The monoisotopic (exact) mass is 408 g/mol. The Bertz CT molecular complexity index is 917. The lowest BCUT2D eigenvalue weighted by Crippen LogP contribution is -2.13. The summed E-state index contributed by atoms with van der Waals surface area (Å²) in [5.74, 6) is -1.08. The molecule has 2 aromatic rings. The Labute approximate surface area is 164 Å². The number of methoxy groups -OCH3 is 2. The molecule has 0 spiro atoms. The summed E-state index contributed by atoms with van der Waals surface area (Å²) in [6, 6.07) is 11.0. The summed E-state index contributed by atoms with van der Waals surface area (Å²) in [5.41, 5.74) is 0.402. The van der Waals surface area contributed by atoms with Gasteiger partial charge in [-0.1, -0.05) is 23.7 Å². The minimum Gasteiger partial charge on any atom is -0.493 e. The zero-order valence-electron chi connectivity index (χ0n) is 14.8. The van der Waals surface area contributed by atoms with Crippen molar-refractivity contribution in [1.82, 2.24) is 0 Å². The molecule has 0 unspecified atom stereocenters. The number of hydrogen-bond acceptors (Lipinski definition) is 5. The van der Waals surface area contributed by atoms with E-state index in [0.29, 0.717) is 16.3 Å². The van der Waals surface area contributed by atoms with Gasteiger partial charge in [-0.2, -0.15) is 14.0 Å². The van der Waals surface area contributed by atoms with Crippen LogP contribution >= 0.6 is 11.6 Å². The second-order valence-corrected chi connectivity index (χ2v) is 5.64. The van der Waals surface area contributed by atoms with Crippen molar-refractivity contribution in [2.45, 2.75) is 6.61 Å². The number of halogens is 3. The highest BCUT2D eigenvalue weighted by atomic mass is 35.5. The number of ether oxygens (including phenoxy) is 3. The minimum atomic E-state index is -3.08. The predicted molar refractivity (Wildman–Crippen MR) is 99.8 cm³/mol. The maximum atomic E-state index is 12.6. The van der Waals surface area contributed by atoms with Crippen molar-refractivity contribution in [2.75, 3.05) is 19.5 Å². The number of carbonyl (C=O) groups excluding carboxylic acids is 1. The van der Waals surface area contributed by atoms with Crippen molar-refractivity contribution < 1.29 is 27.8 Å². The smallest absolute Gasteiger partial charge is 0.387 e. The lowest BCUT2D eigenvalue weighted by Gasteiger charge is -2.14. The van der Waals surface area contributed by atoms with Crippen LogP contribution in [0.4, 0.5) is 14.5 Å². The van der Waals surface area contributed by atoms with E-state index in [1.54, 1.807) is 30.3 Å². The number of benzene rings is 2. The van der Waals surface area contributed by atoms with Crippen LogP contribution < -0.4 is 19.5 Å². The molecular weight excluding hydrogens is 394 g/mol. The highest BCUT2D eigenvalue weighted by Gasteiger charge is 2.19. The first kappa shape index (κ1) is 21.0. The Morgan fingerprint density at radius 2 is 1.82 bits per heavy atom. The third-order valence-electron chi connectivity index (χ3n) is 3.49. The summed E-state index contributed by atoms with van der Waals surface area (Å²) in [6.45, 7) is -3.08. The number of rotatable bonds is 7. The van der Waals surface area contributed by atoms with E-state index in [1.165, 1.54) is 32.4 Å². The van der Waals surface area contributed by atoms with Crippen LogP contribution in [0.2, 0.25) is 5.02 Å². The summed E-state index contributed by atoms with van der Waals surface area (Å²) in [6.07, 6.45) is 1.25. The molecule has 0 saturated carbocycles. The van der Waals surface area contributed by atoms with E-state index in [1.807, 2.05) is 0 Å². The predicted octanol–water partition coefficient (Wildman–Crippen LogP) is 4.50. The number of amides is 1.